The van der Waals surface area contributed by atoms with E-state index in [0.717, 1.165) is 5.56 Å². The lowest BCUT2D eigenvalue weighted by Crippen LogP contribution is -2.36. The quantitative estimate of drug-likeness (QED) is 0.849. The van der Waals surface area contributed by atoms with Gasteiger partial charge in [0, 0.05) is 16.8 Å². The maximum atomic E-state index is 12.3. The maximum absolute atomic E-state index is 12.3. The molecule has 21 heavy (non-hydrogen) atoms. The molecule has 2 N–H and O–H groups in total. The minimum absolute atomic E-state index is 0.261. The number of ketones is 1. The molecule has 3 rings (SSSR count). The van der Waals surface area contributed by atoms with Crippen LogP contribution in [0, 0.1) is 6.92 Å². The lowest BCUT2D eigenvalue weighted by atomic mass is 9.87. The van der Waals surface area contributed by atoms with Crippen LogP contribution in [0.1, 0.15) is 27.9 Å². The fourth-order valence-corrected chi connectivity index (χ4v) is 2.59. The van der Waals surface area contributed by atoms with Crippen LogP contribution in [0.25, 0.3) is 0 Å². The van der Waals surface area contributed by atoms with Crippen LogP contribution in [0.5, 0.6) is 0 Å². The van der Waals surface area contributed by atoms with Crippen LogP contribution in [0.2, 0.25) is 0 Å². The molecule has 0 spiro atoms. The van der Waals surface area contributed by atoms with Crippen LogP contribution in [-0.2, 0) is 10.4 Å². The zero-order chi connectivity index (χ0) is 15.0. The number of amides is 1. The number of nitrogens with one attached hydrogen (secondary N) is 1. The number of Topliss-reactive ketones (excluding diaryl/α,β-unsaturated/α-hetero) is 1. The average Bonchev–Trinajstić information content (AvgIpc) is 2.72. The first-order valence-corrected chi connectivity index (χ1v) is 6.74. The molecule has 0 fully saturated rings. The van der Waals surface area contributed by atoms with Crippen LogP contribution >= 0.6 is 0 Å². The van der Waals surface area contributed by atoms with E-state index >= 15 is 0 Å². The van der Waals surface area contributed by atoms with Gasteiger partial charge in [0.05, 0.1) is 6.42 Å². The first-order valence-electron chi connectivity index (χ1n) is 6.74. The number of aryl methyl sites for hydroxylation is 1. The number of benzene rings is 2. The van der Waals surface area contributed by atoms with Crippen molar-refractivity contribution in [2.24, 2.45) is 0 Å². The highest BCUT2D eigenvalue weighted by Crippen LogP contribution is 2.39. The molecular formula is C17H15NO3. The lowest BCUT2D eigenvalue weighted by molar-refractivity contribution is -0.133. The first-order chi connectivity index (χ1) is 10.0. The highest BCUT2D eigenvalue weighted by atomic mass is 16.3. The van der Waals surface area contributed by atoms with Gasteiger partial charge in [-0.1, -0.05) is 48.0 Å². The standard InChI is InChI=1S/C17H15NO3/c1-11-7-8-14-13(9-11)17(21,16(20)18-14)10-15(19)12-5-3-2-4-6-12/h2-9,21H,10H2,1H3,(H,18,20)/t17-/m0/s1. The molecule has 4 heteroatoms. The molecule has 1 aliphatic rings. The number of aliphatic hydroxyl groups is 1. The number of hydrogen-bond donors (Lipinski definition) is 2. The second-order valence-corrected chi connectivity index (χ2v) is 5.33. The number of carbonyl (C=O) groups is 2. The van der Waals surface area contributed by atoms with Gasteiger partial charge in [0.25, 0.3) is 5.91 Å². The van der Waals surface area contributed by atoms with Gasteiger partial charge in [-0.3, -0.25) is 9.59 Å². The van der Waals surface area contributed by atoms with Gasteiger partial charge in [-0.2, -0.15) is 0 Å². The Morgan fingerprint density at radius 3 is 2.62 bits per heavy atom. The summed E-state index contributed by atoms with van der Waals surface area (Å²) in [5.41, 5.74) is 0.648. The topological polar surface area (TPSA) is 66.4 Å². The van der Waals surface area contributed by atoms with Gasteiger partial charge in [0.15, 0.2) is 11.4 Å². The van der Waals surface area contributed by atoms with E-state index in [1.807, 2.05) is 19.1 Å². The highest BCUT2D eigenvalue weighted by molar-refractivity contribution is 6.09. The molecule has 0 unspecified atom stereocenters. The third-order valence-electron chi connectivity index (χ3n) is 3.76. The predicted molar refractivity (Wildman–Crippen MR) is 79.1 cm³/mol. The third-order valence-corrected chi connectivity index (χ3v) is 3.76. The zero-order valence-corrected chi connectivity index (χ0v) is 11.6. The Bertz CT molecular complexity index is 724. The van der Waals surface area contributed by atoms with Gasteiger partial charge < -0.3 is 10.4 Å². The van der Waals surface area contributed by atoms with Crippen LogP contribution in [0.15, 0.2) is 48.5 Å². The van der Waals surface area contributed by atoms with E-state index in [1.54, 1.807) is 36.4 Å². The molecule has 0 saturated carbocycles. The van der Waals surface area contributed by atoms with Crippen molar-refractivity contribution in [3.8, 4) is 0 Å². The van der Waals surface area contributed by atoms with Gasteiger partial charge in [0.2, 0.25) is 0 Å². The number of carbonyl (C=O) groups excluding carboxylic acids is 2. The number of anilines is 1. The monoisotopic (exact) mass is 281 g/mol. The van der Waals surface area contributed by atoms with Gasteiger partial charge in [-0.25, -0.2) is 0 Å². The van der Waals surface area contributed by atoms with Crippen molar-refractivity contribution in [3.05, 3.63) is 65.2 Å². The summed E-state index contributed by atoms with van der Waals surface area (Å²) in [5, 5.41) is 13.4. The normalized spacial score (nSPS) is 20.0. The Balaban J connectivity index is 1.97. The Hall–Kier alpha value is -2.46. The summed E-state index contributed by atoms with van der Waals surface area (Å²) in [7, 11) is 0. The van der Waals surface area contributed by atoms with E-state index in [-0.39, 0.29) is 12.2 Å². The van der Waals surface area contributed by atoms with E-state index in [4.69, 9.17) is 0 Å². The molecule has 0 aliphatic carbocycles. The summed E-state index contributed by atoms with van der Waals surface area (Å²) in [6.07, 6.45) is -0.265. The largest absolute Gasteiger partial charge is 0.375 e. The molecular weight excluding hydrogens is 266 g/mol. The molecule has 0 radical (unpaired) electrons. The smallest absolute Gasteiger partial charge is 0.261 e. The van der Waals surface area contributed by atoms with Crippen molar-refractivity contribution in [2.45, 2.75) is 18.9 Å². The molecule has 2 aromatic rings. The molecule has 1 heterocycles. The third kappa shape index (κ3) is 2.23. The Morgan fingerprint density at radius 2 is 1.90 bits per heavy atom. The van der Waals surface area contributed by atoms with Gasteiger partial charge in [-0.15, -0.1) is 0 Å². The van der Waals surface area contributed by atoms with Crippen molar-refractivity contribution >= 4 is 17.4 Å². The molecule has 1 atom stereocenters. The minimum atomic E-state index is -1.80. The molecule has 106 valence electrons. The first kappa shape index (κ1) is 13.5. The second-order valence-electron chi connectivity index (χ2n) is 5.33. The molecule has 1 amide bonds. The second kappa shape index (κ2) is 4.82. The SMILES string of the molecule is Cc1ccc2c(c1)[C@@](O)(CC(=O)c1ccccc1)C(=O)N2. The summed E-state index contributed by atoms with van der Waals surface area (Å²) in [5.74, 6) is -0.810. The summed E-state index contributed by atoms with van der Waals surface area (Å²) in [4.78, 5) is 24.4. The molecule has 0 bridgehead atoms. The predicted octanol–water partition coefficient (Wildman–Crippen LogP) is 2.41. The lowest BCUT2D eigenvalue weighted by Gasteiger charge is -2.20. The van der Waals surface area contributed by atoms with Crippen molar-refractivity contribution in [1.82, 2.24) is 0 Å². The van der Waals surface area contributed by atoms with Crippen molar-refractivity contribution in [1.29, 1.82) is 0 Å². The summed E-state index contributed by atoms with van der Waals surface area (Å²) >= 11 is 0. The Labute approximate surface area is 122 Å². The number of rotatable bonds is 3. The average molecular weight is 281 g/mol. The van der Waals surface area contributed by atoms with Gasteiger partial charge in [-0.05, 0) is 13.0 Å². The van der Waals surface area contributed by atoms with Gasteiger partial charge in [0.1, 0.15) is 0 Å². The van der Waals surface area contributed by atoms with E-state index in [1.165, 1.54) is 0 Å². The summed E-state index contributed by atoms with van der Waals surface area (Å²) in [6.45, 7) is 1.88. The fourth-order valence-electron chi connectivity index (χ4n) is 2.59. The van der Waals surface area contributed by atoms with Gasteiger partial charge >= 0.3 is 0 Å². The number of fused-ring (bicyclic) bond motifs is 1. The van der Waals surface area contributed by atoms with Crippen molar-refractivity contribution in [3.63, 3.8) is 0 Å². The van der Waals surface area contributed by atoms with Crippen molar-refractivity contribution in [2.75, 3.05) is 5.32 Å². The van der Waals surface area contributed by atoms with Crippen LogP contribution < -0.4 is 5.32 Å². The maximum Gasteiger partial charge on any atom is 0.261 e. The Kier molecular flexibility index (Phi) is 3.11. The highest BCUT2D eigenvalue weighted by Gasteiger charge is 2.46. The molecule has 1 aliphatic heterocycles. The van der Waals surface area contributed by atoms with Crippen LogP contribution in [0.3, 0.4) is 0 Å². The minimum Gasteiger partial charge on any atom is -0.375 e. The molecule has 4 nitrogen and oxygen atoms in total. The van der Waals surface area contributed by atoms with E-state index in [0.29, 0.717) is 16.8 Å². The van der Waals surface area contributed by atoms with Crippen LogP contribution in [0.4, 0.5) is 5.69 Å². The summed E-state index contributed by atoms with van der Waals surface area (Å²) < 4.78 is 0. The van der Waals surface area contributed by atoms with E-state index in [9.17, 15) is 14.7 Å². The number of hydrogen-bond acceptors (Lipinski definition) is 3. The zero-order valence-electron chi connectivity index (χ0n) is 11.6. The summed E-state index contributed by atoms with van der Waals surface area (Å²) in [6, 6.07) is 14.0. The van der Waals surface area contributed by atoms with E-state index < -0.39 is 11.5 Å². The van der Waals surface area contributed by atoms with E-state index in [2.05, 4.69) is 5.32 Å². The molecule has 0 aromatic heterocycles. The van der Waals surface area contributed by atoms with Crippen molar-refractivity contribution < 1.29 is 14.7 Å². The molecule has 0 saturated heterocycles. The van der Waals surface area contributed by atoms with Crippen LogP contribution in [-0.4, -0.2) is 16.8 Å². The Morgan fingerprint density at radius 1 is 1.19 bits per heavy atom. The fraction of sp³-hybridized carbons (Fsp3) is 0.176. The molecule has 2 aromatic carbocycles.